The first-order chi connectivity index (χ1) is 8.47. The van der Waals surface area contributed by atoms with Gasteiger partial charge in [0.15, 0.2) is 0 Å². The Kier molecular flexibility index (Phi) is 3.88. The zero-order valence-corrected chi connectivity index (χ0v) is 12.3. The van der Waals surface area contributed by atoms with Gasteiger partial charge in [0.2, 0.25) is 10.0 Å². The fourth-order valence-corrected chi connectivity index (χ4v) is 2.56. The van der Waals surface area contributed by atoms with E-state index in [-0.39, 0.29) is 4.90 Å². The first kappa shape index (κ1) is 13.3. The van der Waals surface area contributed by atoms with Crippen molar-refractivity contribution < 1.29 is 8.42 Å². The summed E-state index contributed by atoms with van der Waals surface area (Å²) < 4.78 is 24.0. The molecule has 0 saturated heterocycles. The third kappa shape index (κ3) is 3.21. The number of benzene rings is 2. The van der Waals surface area contributed by atoms with Gasteiger partial charge in [0.05, 0.1) is 5.69 Å². The van der Waals surface area contributed by atoms with Crippen LogP contribution in [0.25, 0.3) is 0 Å². The average Bonchev–Trinajstić information content (AvgIpc) is 2.31. The summed E-state index contributed by atoms with van der Waals surface area (Å²) in [7, 11) is -3.73. The third-order valence-electron chi connectivity index (χ3n) is 2.32. The number of anilines is 2. The molecule has 2 aromatic rings. The van der Waals surface area contributed by atoms with Gasteiger partial charge in [-0.05, 0) is 59.0 Å². The van der Waals surface area contributed by atoms with Crippen molar-refractivity contribution in [2.45, 2.75) is 4.90 Å². The van der Waals surface area contributed by atoms with Gasteiger partial charge in [-0.2, -0.15) is 0 Å². The van der Waals surface area contributed by atoms with E-state index in [4.69, 9.17) is 5.14 Å². The van der Waals surface area contributed by atoms with Crippen LogP contribution >= 0.6 is 22.6 Å². The minimum absolute atomic E-state index is 0.0866. The molecule has 6 heteroatoms. The Labute approximate surface area is 119 Å². The minimum Gasteiger partial charge on any atom is -0.354 e. The Hall–Kier alpha value is -1.12. The molecule has 0 unspecified atom stereocenters. The van der Waals surface area contributed by atoms with Gasteiger partial charge in [-0.25, -0.2) is 13.6 Å². The van der Waals surface area contributed by atoms with Crippen molar-refractivity contribution in [3.8, 4) is 0 Å². The van der Waals surface area contributed by atoms with Crippen LogP contribution in [0.5, 0.6) is 0 Å². The number of rotatable bonds is 3. The van der Waals surface area contributed by atoms with Crippen LogP contribution in [0.2, 0.25) is 0 Å². The fraction of sp³-hybridized carbons (Fsp3) is 0. The normalized spacial score (nSPS) is 11.2. The second-order valence-corrected chi connectivity index (χ2v) is 6.45. The van der Waals surface area contributed by atoms with Crippen molar-refractivity contribution in [1.82, 2.24) is 0 Å². The lowest BCUT2D eigenvalue weighted by Gasteiger charge is -2.10. The molecule has 0 radical (unpaired) electrons. The molecule has 2 rings (SSSR count). The quantitative estimate of drug-likeness (QED) is 0.812. The molecule has 3 N–H and O–H groups in total. The van der Waals surface area contributed by atoms with Crippen LogP contribution in [-0.4, -0.2) is 8.42 Å². The summed E-state index contributed by atoms with van der Waals surface area (Å²) in [6.07, 6.45) is 0. The standard InChI is InChI=1S/C12H11IN2O2S/c13-9-5-7-10(8-6-9)15-11-3-1-2-4-12(11)18(14,16)17/h1-8,15H,(H2,14,16,17). The number of hydrogen-bond acceptors (Lipinski definition) is 3. The molecule has 0 atom stereocenters. The minimum atomic E-state index is -3.73. The highest BCUT2D eigenvalue weighted by Gasteiger charge is 2.12. The number of sulfonamides is 1. The zero-order chi connectivity index (χ0) is 13.2. The smallest absolute Gasteiger partial charge is 0.240 e. The van der Waals surface area contributed by atoms with Crippen LogP contribution < -0.4 is 10.5 Å². The lowest BCUT2D eigenvalue weighted by atomic mass is 10.3. The van der Waals surface area contributed by atoms with Crippen LogP contribution in [0.4, 0.5) is 11.4 Å². The first-order valence-electron chi connectivity index (χ1n) is 5.11. The van der Waals surface area contributed by atoms with Gasteiger partial charge in [-0.1, -0.05) is 12.1 Å². The van der Waals surface area contributed by atoms with E-state index >= 15 is 0 Å². The van der Waals surface area contributed by atoms with E-state index in [0.29, 0.717) is 5.69 Å². The molecule has 18 heavy (non-hydrogen) atoms. The van der Waals surface area contributed by atoms with Gasteiger partial charge in [0.1, 0.15) is 4.90 Å². The molecular formula is C12H11IN2O2S. The molecule has 0 aliphatic rings. The zero-order valence-electron chi connectivity index (χ0n) is 9.30. The molecular weight excluding hydrogens is 363 g/mol. The van der Waals surface area contributed by atoms with E-state index in [1.165, 1.54) is 6.07 Å². The SMILES string of the molecule is NS(=O)(=O)c1ccccc1Nc1ccc(I)cc1. The third-order valence-corrected chi connectivity index (χ3v) is 4.01. The monoisotopic (exact) mass is 374 g/mol. The van der Waals surface area contributed by atoms with Crippen molar-refractivity contribution in [3.63, 3.8) is 0 Å². The maximum atomic E-state index is 11.4. The summed E-state index contributed by atoms with van der Waals surface area (Å²) >= 11 is 2.20. The van der Waals surface area contributed by atoms with E-state index in [1.807, 2.05) is 24.3 Å². The summed E-state index contributed by atoms with van der Waals surface area (Å²) in [6, 6.07) is 14.2. The van der Waals surface area contributed by atoms with Gasteiger partial charge < -0.3 is 5.32 Å². The van der Waals surface area contributed by atoms with Gasteiger partial charge in [-0.15, -0.1) is 0 Å². The summed E-state index contributed by atoms with van der Waals surface area (Å²) in [5, 5.41) is 8.21. The van der Waals surface area contributed by atoms with Gasteiger partial charge in [-0.3, -0.25) is 0 Å². The van der Waals surface area contributed by atoms with E-state index in [0.717, 1.165) is 9.26 Å². The van der Waals surface area contributed by atoms with Gasteiger partial charge >= 0.3 is 0 Å². The van der Waals surface area contributed by atoms with Crippen LogP contribution in [0, 0.1) is 3.57 Å². The maximum Gasteiger partial charge on any atom is 0.240 e. The highest BCUT2D eigenvalue weighted by atomic mass is 127. The average molecular weight is 374 g/mol. The summed E-state index contributed by atoms with van der Waals surface area (Å²) in [4.78, 5) is 0.0866. The summed E-state index contributed by atoms with van der Waals surface area (Å²) in [5.74, 6) is 0. The molecule has 0 spiro atoms. The molecule has 4 nitrogen and oxygen atoms in total. The van der Waals surface area contributed by atoms with E-state index in [2.05, 4.69) is 27.9 Å². The Morgan fingerprint density at radius 3 is 2.22 bits per heavy atom. The van der Waals surface area contributed by atoms with Crippen LogP contribution in [0.3, 0.4) is 0 Å². The topological polar surface area (TPSA) is 72.2 Å². The molecule has 2 aromatic carbocycles. The molecule has 94 valence electrons. The van der Waals surface area contributed by atoms with Crippen LogP contribution in [0.1, 0.15) is 0 Å². The maximum absolute atomic E-state index is 11.4. The molecule has 0 bridgehead atoms. The first-order valence-corrected chi connectivity index (χ1v) is 7.74. The van der Waals surface area contributed by atoms with Crippen molar-refractivity contribution in [2.24, 2.45) is 5.14 Å². The predicted molar refractivity (Wildman–Crippen MR) is 80.3 cm³/mol. The van der Waals surface area contributed by atoms with E-state index in [1.54, 1.807) is 18.2 Å². The fourth-order valence-electron chi connectivity index (χ4n) is 1.51. The van der Waals surface area contributed by atoms with Crippen LogP contribution in [-0.2, 0) is 10.0 Å². The van der Waals surface area contributed by atoms with E-state index < -0.39 is 10.0 Å². The largest absolute Gasteiger partial charge is 0.354 e. The number of nitrogens with two attached hydrogens (primary N) is 1. The molecule has 0 aliphatic carbocycles. The summed E-state index contributed by atoms with van der Waals surface area (Å²) in [6.45, 7) is 0. The number of hydrogen-bond donors (Lipinski definition) is 2. The van der Waals surface area contributed by atoms with Crippen LogP contribution in [0.15, 0.2) is 53.4 Å². The predicted octanol–water partition coefficient (Wildman–Crippen LogP) is 2.68. The number of halogens is 1. The van der Waals surface area contributed by atoms with E-state index in [9.17, 15) is 8.42 Å². The highest BCUT2D eigenvalue weighted by molar-refractivity contribution is 14.1. The Bertz CT molecular complexity index is 654. The van der Waals surface area contributed by atoms with Crippen molar-refractivity contribution in [1.29, 1.82) is 0 Å². The molecule has 0 aromatic heterocycles. The Morgan fingerprint density at radius 2 is 1.61 bits per heavy atom. The second kappa shape index (κ2) is 5.25. The Balaban J connectivity index is 2.38. The number of primary sulfonamides is 1. The molecule has 0 heterocycles. The number of para-hydroxylation sites is 1. The molecule has 0 saturated carbocycles. The number of nitrogens with one attached hydrogen (secondary N) is 1. The lowest BCUT2D eigenvalue weighted by Crippen LogP contribution is -2.13. The summed E-state index contributed by atoms with van der Waals surface area (Å²) in [5.41, 5.74) is 1.28. The molecule has 0 aliphatic heterocycles. The van der Waals surface area contributed by atoms with Gasteiger partial charge in [0.25, 0.3) is 0 Å². The molecule has 0 fully saturated rings. The lowest BCUT2D eigenvalue weighted by molar-refractivity contribution is 0.598. The molecule has 0 amide bonds. The van der Waals surface area contributed by atoms with Crippen molar-refractivity contribution in [2.75, 3.05) is 5.32 Å². The Morgan fingerprint density at radius 1 is 1.00 bits per heavy atom. The van der Waals surface area contributed by atoms with Crippen molar-refractivity contribution >= 4 is 44.0 Å². The second-order valence-electron chi connectivity index (χ2n) is 3.67. The van der Waals surface area contributed by atoms with Gasteiger partial charge in [0, 0.05) is 9.26 Å². The van der Waals surface area contributed by atoms with Crippen molar-refractivity contribution in [3.05, 3.63) is 52.1 Å². The highest BCUT2D eigenvalue weighted by Crippen LogP contribution is 2.24.